The number of phenols is 1. The maximum Gasteiger partial charge on any atom is 0.118 e. The molecular formula is C13H18O. The van der Waals surface area contributed by atoms with Crippen LogP contribution in [0.3, 0.4) is 0 Å². The minimum absolute atomic E-state index is 0.416. The average molecular weight is 190 g/mol. The maximum absolute atomic E-state index is 9.60. The Balaban J connectivity index is 2.71. The van der Waals surface area contributed by atoms with Crippen molar-refractivity contribution in [3.05, 3.63) is 41.0 Å². The number of allylic oxidation sites excluding steroid dienone is 2. The molecule has 1 N–H and O–H groups in total. The van der Waals surface area contributed by atoms with Gasteiger partial charge in [-0.05, 0) is 45.2 Å². The van der Waals surface area contributed by atoms with Gasteiger partial charge in [0.25, 0.3) is 0 Å². The Kier molecular flexibility index (Phi) is 3.75. The summed E-state index contributed by atoms with van der Waals surface area (Å²) in [6, 6.07) is 5.76. The van der Waals surface area contributed by atoms with Crippen LogP contribution in [0.25, 0.3) is 0 Å². The summed E-state index contributed by atoms with van der Waals surface area (Å²) >= 11 is 0. The number of benzene rings is 1. The zero-order chi connectivity index (χ0) is 10.6. The molecule has 0 aliphatic carbocycles. The fourth-order valence-electron chi connectivity index (χ4n) is 1.39. The lowest BCUT2D eigenvalue weighted by molar-refractivity contribution is 0.467. The third kappa shape index (κ3) is 2.91. The predicted octanol–water partition coefficient (Wildman–Crippen LogP) is 3.60. The van der Waals surface area contributed by atoms with Gasteiger partial charge in [0.05, 0.1) is 0 Å². The molecule has 1 aromatic rings. The zero-order valence-corrected chi connectivity index (χ0v) is 9.17. The van der Waals surface area contributed by atoms with Crippen molar-refractivity contribution >= 4 is 0 Å². The number of hydrogen-bond donors (Lipinski definition) is 1. The summed E-state index contributed by atoms with van der Waals surface area (Å²) in [7, 11) is 0. The Labute approximate surface area is 86.1 Å². The van der Waals surface area contributed by atoms with Crippen molar-refractivity contribution in [2.45, 2.75) is 33.6 Å². The molecule has 0 amide bonds. The molecule has 0 aromatic heterocycles. The first-order valence-corrected chi connectivity index (χ1v) is 5.03. The molecule has 0 aliphatic heterocycles. The number of aromatic hydroxyl groups is 1. The van der Waals surface area contributed by atoms with E-state index in [2.05, 4.69) is 19.1 Å². The van der Waals surface area contributed by atoms with Crippen molar-refractivity contribution in [1.29, 1.82) is 0 Å². The van der Waals surface area contributed by atoms with Gasteiger partial charge in [-0.3, -0.25) is 0 Å². The van der Waals surface area contributed by atoms with Gasteiger partial charge in [-0.1, -0.05) is 29.3 Å². The van der Waals surface area contributed by atoms with Gasteiger partial charge in [-0.15, -0.1) is 0 Å². The lowest BCUT2D eigenvalue weighted by Gasteiger charge is -2.05. The third-order valence-electron chi connectivity index (χ3n) is 2.52. The van der Waals surface area contributed by atoms with E-state index in [1.54, 1.807) is 6.07 Å². The summed E-state index contributed by atoms with van der Waals surface area (Å²) in [6.45, 7) is 6.21. The second-order valence-corrected chi connectivity index (χ2v) is 3.77. The molecule has 0 saturated heterocycles. The van der Waals surface area contributed by atoms with E-state index in [-0.39, 0.29) is 0 Å². The van der Waals surface area contributed by atoms with Crippen LogP contribution in [0, 0.1) is 6.92 Å². The second-order valence-electron chi connectivity index (χ2n) is 3.77. The summed E-state index contributed by atoms with van der Waals surface area (Å²) in [4.78, 5) is 0. The maximum atomic E-state index is 9.60. The Morgan fingerprint density at radius 1 is 1.43 bits per heavy atom. The van der Waals surface area contributed by atoms with E-state index in [9.17, 15) is 5.11 Å². The lowest BCUT2D eigenvalue weighted by atomic mass is 10.0. The SMILES string of the molecule is C/C=C(/C)CCc1cc(C)ccc1O. The van der Waals surface area contributed by atoms with Gasteiger partial charge in [0, 0.05) is 0 Å². The number of rotatable bonds is 3. The van der Waals surface area contributed by atoms with E-state index in [0.29, 0.717) is 5.75 Å². The highest BCUT2D eigenvalue weighted by Gasteiger charge is 2.01. The Hall–Kier alpha value is -1.24. The first kappa shape index (κ1) is 10.8. The van der Waals surface area contributed by atoms with E-state index >= 15 is 0 Å². The van der Waals surface area contributed by atoms with Gasteiger partial charge in [0.15, 0.2) is 0 Å². The minimum atomic E-state index is 0.416. The van der Waals surface area contributed by atoms with Crippen LogP contribution in [-0.4, -0.2) is 5.11 Å². The Morgan fingerprint density at radius 3 is 2.79 bits per heavy atom. The van der Waals surface area contributed by atoms with Gasteiger partial charge in [0.2, 0.25) is 0 Å². The molecule has 0 bridgehead atoms. The van der Waals surface area contributed by atoms with Crippen molar-refractivity contribution in [2.75, 3.05) is 0 Å². The van der Waals surface area contributed by atoms with Gasteiger partial charge in [0.1, 0.15) is 5.75 Å². The van der Waals surface area contributed by atoms with Crippen LogP contribution >= 0.6 is 0 Å². The summed E-state index contributed by atoms with van der Waals surface area (Å²) in [5, 5.41) is 9.60. The van der Waals surface area contributed by atoms with Gasteiger partial charge in [-0.2, -0.15) is 0 Å². The zero-order valence-electron chi connectivity index (χ0n) is 9.17. The van der Waals surface area contributed by atoms with Gasteiger partial charge < -0.3 is 5.11 Å². The first-order chi connectivity index (χ1) is 6.63. The van der Waals surface area contributed by atoms with E-state index in [0.717, 1.165) is 18.4 Å². The highest BCUT2D eigenvalue weighted by atomic mass is 16.3. The highest BCUT2D eigenvalue weighted by molar-refractivity contribution is 5.36. The third-order valence-corrected chi connectivity index (χ3v) is 2.52. The molecular weight excluding hydrogens is 172 g/mol. The molecule has 0 spiro atoms. The molecule has 0 saturated carbocycles. The number of phenolic OH excluding ortho intramolecular Hbond substituents is 1. The molecule has 14 heavy (non-hydrogen) atoms. The first-order valence-electron chi connectivity index (χ1n) is 5.03. The molecule has 0 unspecified atom stereocenters. The summed E-state index contributed by atoms with van der Waals surface area (Å²) in [6.07, 6.45) is 4.06. The average Bonchev–Trinajstić information content (AvgIpc) is 2.19. The topological polar surface area (TPSA) is 20.2 Å². The monoisotopic (exact) mass is 190 g/mol. The fraction of sp³-hybridized carbons (Fsp3) is 0.385. The summed E-state index contributed by atoms with van der Waals surface area (Å²) in [5.41, 5.74) is 3.62. The number of aryl methyl sites for hydroxylation is 2. The van der Waals surface area contributed by atoms with Crippen LogP contribution < -0.4 is 0 Å². The van der Waals surface area contributed by atoms with Crippen LogP contribution in [0.1, 0.15) is 31.4 Å². The van der Waals surface area contributed by atoms with E-state index in [1.165, 1.54) is 11.1 Å². The quantitative estimate of drug-likeness (QED) is 0.722. The van der Waals surface area contributed by atoms with Gasteiger partial charge >= 0.3 is 0 Å². The largest absolute Gasteiger partial charge is 0.508 e. The molecule has 1 heteroatoms. The molecule has 0 radical (unpaired) electrons. The van der Waals surface area contributed by atoms with Crippen LogP contribution in [0.2, 0.25) is 0 Å². The predicted molar refractivity (Wildman–Crippen MR) is 60.6 cm³/mol. The minimum Gasteiger partial charge on any atom is -0.508 e. The highest BCUT2D eigenvalue weighted by Crippen LogP contribution is 2.20. The molecule has 0 atom stereocenters. The fourth-order valence-corrected chi connectivity index (χ4v) is 1.39. The molecule has 0 heterocycles. The normalized spacial score (nSPS) is 11.8. The molecule has 1 nitrogen and oxygen atoms in total. The molecule has 76 valence electrons. The summed E-state index contributed by atoms with van der Waals surface area (Å²) < 4.78 is 0. The van der Waals surface area contributed by atoms with E-state index in [4.69, 9.17) is 0 Å². The van der Waals surface area contributed by atoms with Crippen molar-refractivity contribution in [2.24, 2.45) is 0 Å². The van der Waals surface area contributed by atoms with Gasteiger partial charge in [-0.25, -0.2) is 0 Å². The number of hydrogen-bond acceptors (Lipinski definition) is 1. The van der Waals surface area contributed by atoms with Crippen molar-refractivity contribution in [1.82, 2.24) is 0 Å². The van der Waals surface area contributed by atoms with Crippen LogP contribution in [0.4, 0.5) is 0 Å². The lowest BCUT2D eigenvalue weighted by Crippen LogP contribution is -1.88. The van der Waals surface area contributed by atoms with E-state index in [1.807, 2.05) is 19.9 Å². The molecule has 1 aromatic carbocycles. The Bertz CT molecular complexity index is 337. The molecule has 0 fully saturated rings. The molecule has 1 rings (SSSR count). The van der Waals surface area contributed by atoms with Crippen molar-refractivity contribution in [3.8, 4) is 5.75 Å². The smallest absolute Gasteiger partial charge is 0.118 e. The van der Waals surface area contributed by atoms with Crippen molar-refractivity contribution in [3.63, 3.8) is 0 Å². The van der Waals surface area contributed by atoms with E-state index < -0.39 is 0 Å². The standard InChI is InChI=1S/C13H18O/c1-4-10(2)5-7-12-9-11(3)6-8-13(12)14/h4,6,8-9,14H,5,7H2,1-3H3/b10-4-. The Morgan fingerprint density at radius 2 is 2.14 bits per heavy atom. The molecule has 0 aliphatic rings. The van der Waals surface area contributed by atoms with Crippen LogP contribution in [-0.2, 0) is 6.42 Å². The second kappa shape index (κ2) is 4.85. The van der Waals surface area contributed by atoms with Crippen LogP contribution in [0.15, 0.2) is 29.8 Å². The van der Waals surface area contributed by atoms with Crippen LogP contribution in [0.5, 0.6) is 5.75 Å². The summed E-state index contributed by atoms with van der Waals surface area (Å²) in [5.74, 6) is 0.416. The van der Waals surface area contributed by atoms with Crippen molar-refractivity contribution < 1.29 is 5.11 Å².